The Morgan fingerprint density at radius 3 is 2.62 bits per heavy atom. The molecule has 0 radical (unpaired) electrons. The first-order valence-electron chi connectivity index (χ1n) is 3.59. The van der Waals surface area contributed by atoms with Gasteiger partial charge in [0.15, 0.2) is 0 Å². The molecule has 0 fully saturated rings. The van der Waals surface area contributed by atoms with Crippen molar-refractivity contribution < 1.29 is 9.53 Å². The summed E-state index contributed by atoms with van der Waals surface area (Å²) in [6.45, 7) is 1.90. The molecule has 4 heteroatoms. The van der Waals surface area contributed by atoms with E-state index in [1.165, 1.54) is 6.08 Å². The van der Waals surface area contributed by atoms with Crippen LogP contribution in [0.1, 0.15) is 6.92 Å². The molecule has 4 nitrogen and oxygen atoms in total. The Kier molecular flexibility index (Phi) is 5.57. The summed E-state index contributed by atoms with van der Waals surface area (Å²) in [6, 6.07) is 3.41. The molecule has 0 rings (SSSR count). The Bertz CT molecular complexity index is 315. The van der Waals surface area contributed by atoms with Gasteiger partial charge < -0.3 is 4.74 Å². The number of nitriles is 2. The molecule has 0 aromatic carbocycles. The normalized spacial score (nSPS) is 10.5. The molecule has 0 saturated heterocycles. The van der Waals surface area contributed by atoms with E-state index >= 15 is 0 Å². The van der Waals surface area contributed by atoms with Crippen LogP contribution in [0.2, 0.25) is 0 Å². The van der Waals surface area contributed by atoms with E-state index in [2.05, 4.69) is 4.74 Å². The van der Waals surface area contributed by atoms with Gasteiger partial charge in [-0.25, -0.2) is 4.79 Å². The summed E-state index contributed by atoms with van der Waals surface area (Å²) in [7, 11) is 0. The fourth-order valence-corrected chi connectivity index (χ4v) is 0.586. The Morgan fingerprint density at radius 1 is 1.46 bits per heavy atom. The fraction of sp³-hybridized carbons (Fsp3) is 0.222. The highest BCUT2D eigenvalue weighted by atomic mass is 16.5. The second-order valence-corrected chi connectivity index (χ2v) is 1.91. The molecule has 0 aliphatic carbocycles. The van der Waals surface area contributed by atoms with Gasteiger partial charge in [-0.1, -0.05) is 0 Å². The summed E-state index contributed by atoms with van der Waals surface area (Å²) >= 11 is 0. The largest absolute Gasteiger partial charge is 0.462 e. The van der Waals surface area contributed by atoms with Crippen molar-refractivity contribution in [2.75, 3.05) is 6.61 Å². The van der Waals surface area contributed by atoms with Crippen LogP contribution in [0.25, 0.3) is 0 Å². The van der Waals surface area contributed by atoms with Gasteiger partial charge in [-0.2, -0.15) is 10.5 Å². The number of carbonyl (C=O) groups excluding carboxylic acids is 1. The molecule has 0 aromatic rings. The Hall–Kier alpha value is -2.07. The zero-order valence-corrected chi connectivity index (χ0v) is 7.15. The monoisotopic (exact) mass is 176 g/mol. The summed E-state index contributed by atoms with van der Waals surface area (Å²) in [6.07, 6.45) is 3.38. The first-order chi connectivity index (χ1) is 6.26. The summed E-state index contributed by atoms with van der Waals surface area (Å²) in [5.41, 5.74) is 0.0749. The maximum atomic E-state index is 11.0. The lowest BCUT2D eigenvalue weighted by molar-refractivity contribution is -0.138. The van der Waals surface area contributed by atoms with Gasteiger partial charge in [0, 0.05) is 12.2 Å². The van der Waals surface area contributed by atoms with Gasteiger partial charge in [0.25, 0.3) is 0 Å². The lowest BCUT2D eigenvalue weighted by atomic mass is 10.2. The van der Waals surface area contributed by atoms with Crippen molar-refractivity contribution in [3.63, 3.8) is 0 Å². The molecule has 0 amide bonds. The zero-order valence-electron chi connectivity index (χ0n) is 7.15. The van der Waals surface area contributed by atoms with Gasteiger partial charge in [-0.05, 0) is 13.0 Å². The third-order valence-corrected chi connectivity index (χ3v) is 1.07. The van der Waals surface area contributed by atoms with Crippen LogP contribution in [-0.4, -0.2) is 12.6 Å². The quantitative estimate of drug-likeness (QED) is 0.279. The summed E-state index contributed by atoms with van der Waals surface area (Å²) < 4.78 is 4.63. The van der Waals surface area contributed by atoms with Crippen molar-refractivity contribution in [1.82, 2.24) is 0 Å². The molecule has 0 atom stereocenters. The SMILES string of the molecule is CCOC(=O)C(/C=C\C#N)=C/C#N. The van der Waals surface area contributed by atoms with Crippen molar-refractivity contribution in [3.05, 3.63) is 23.8 Å². The summed E-state index contributed by atoms with van der Waals surface area (Å²) in [5, 5.41) is 16.5. The first kappa shape index (κ1) is 10.9. The smallest absolute Gasteiger partial charge is 0.338 e. The van der Waals surface area contributed by atoms with Gasteiger partial charge in [0.05, 0.1) is 24.3 Å². The van der Waals surface area contributed by atoms with E-state index in [0.29, 0.717) is 0 Å². The number of allylic oxidation sites excluding steroid dienone is 2. The van der Waals surface area contributed by atoms with Gasteiger partial charge in [-0.15, -0.1) is 0 Å². The van der Waals surface area contributed by atoms with Gasteiger partial charge in [-0.3, -0.25) is 0 Å². The van der Waals surface area contributed by atoms with Crippen LogP contribution in [0.3, 0.4) is 0 Å². The number of ether oxygens (including phenoxy) is 1. The highest BCUT2D eigenvalue weighted by Gasteiger charge is 2.05. The van der Waals surface area contributed by atoms with Crippen LogP contribution in [0.5, 0.6) is 0 Å². The standard InChI is InChI=1S/C9H8N2O2/c1-2-13-9(12)8(5-7-11)4-3-6-10/h3-5H,2H2,1H3/b4-3-,8-5+. The predicted molar refractivity (Wildman–Crippen MR) is 45.1 cm³/mol. The summed E-state index contributed by atoms with van der Waals surface area (Å²) in [4.78, 5) is 11.0. The first-order valence-corrected chi connectivity index (χ1v) is 3.59. The molecule has 0 spiro atoms. The molecular weight excluding hydrogens is 168 g/mol. The maximum absolute atomic E-state index is 11.0. The van der Waals surface area contributed by atoms with Crippen molar-refractivity contribution in [2.24, 2.45) is 0 Å². The third kappa shape index (κ3) is 4.39. The average Bonchev–Trinajstić information content (AvgIpc) is 2.12. The Morgan fingerprint density at radius 2 is 2.15 bits per heavy atom. The molecule has 0 heterocycles. The fourth-order valence-electron chi connectivity index (χ4n) is 0.586. The van der Waals surface area contributed by atoms with E-state index in [1.807, 2.05) is 0 Å². The van der Waals surface area contributed by atoms with Crippen LogP contribution in [-0.2, 0) is 9.53 Å². The molecule has 13 heavy (non-hydrogen) atoms. The van der Waals surface area contributed by atoms with Gasteiger partial charge >= 0.3 is 5.97 Å². The predicted octanol–water partition coefficient (Wildman–Crippen LogP) is 1.08. The molecule has 0 aromatic heterocycles. The van der Waals surface area contributed by atoms with E-state index in [4.69, 9.17) is 10.5 Å². The van der Waals surface area contributed by atoms with Gasteiger partial charge in [0.2, 0.25) is 0 Å². The van der Waals surface area contributed by atoms with Crippen LogP contribution >= 0.6 is 0 Å². The van der Waals surface area contributed by atoms with Crippen molar-refractivity contribution in [3.8, 4) is 12.1 Å². The van der Waals surface area contributed by atoms with E-state index in [1.54, 1.807) is 19.1 Å². The minimum Gasteiger partial charge on any atom is -0.462 e. The average molecular weight is 176 g/mol. The molecule has 0 saturated carbocycles. The third-order valence-electron chi connectivity index (χ3n) is 1.07. The molecule has 0 N–H and O–H groups in total. The highest BCUT2D eigenvalue weighted by molar-refractivity contribution is 5.92. The van der Waals surface area contributed by atoms with Crippen LogP contribution in [0.15, 0.2) is 23.8 Å². The van der Waals surface area contributed by atoms with Crippen molar-refractivity contribution in [2.45, 2.75) is 6.92 Å². The summed E-state index contributed by atoms with van der Waals surface area (Å²) in [5.74, 6) is -0.601. The molecule has 0 aliphatic heterocycles. The van der Waals surface area contributed by atoms with E-state index in [-0.39, 0.29) is 12.2 Å². The van der Waals surface area contributed by atoms with Crippen LogP contribution in [0.4, 0.5) is 0 Å². The van der Waals surface area contributed by atoms with Crippen LogP contribution < -0.4 is 0 Å². The number of hydrogen-bond donors (Lipinski definition) is 0. The maximum Gasteiger partial charge on any atom is 0.338 e. The lowest BCUT2D eigenvalue weighted by Gasteiger charge is -1.99. The number of rotatable bonds is 3. The highest BCUT2D eigenvalue weighted by Crippen LogP contribution is 1.99. The van der Waals surface area contributed by atoms with Crippen molar-refractivity contribution in [1.29, 1.82) is 10.5 Å². The molecule has 0 bridgehead atoms. The number of esters is 1. The lowest BCUT2D eigenvalue weighted by Crippen LogP contribution is -2.05. The Labute approximate surface area is 76.3 Å². The second kappa shape index (κ2) is 6.63. The minimum absolute atomic E-state index is 0.0749. The molecule has 0 aliphatic rings. The van der Waals surface area contributed by atoms with E-state index in [0.717, 1.165) is 12.2 Å². The molecular formula is C9H8N2O2. The Balaban J connectivity index is 4.57. The van der Waals surface area contributed by atoms with E-state index in [9.17, 15) is 4.79 Å². The number of carbonyl (C=O) groups is 1. The zero-order chi connectivity index (χ0) is 10.1. The molecule has 66 valence electrons. The van der Waals surface area contributed by atoms with Crippen LogP contribution in [0, 0.1) is 22.7 Å². The molecule has 0 unspecified atom stereocenters. The van der Waals surface area contributed by atoms with Crippen molar-refractivity contribution >= 4 is 5.97 Å². The number of hydrogen-bond acceptors (Lipinski definition) is 4. The van der Waals surface area contributed by atoms with Gasteiger partial charge in [0.1, 0.15) is 0 Å². The van der Waals surface area contributed by atoms with E-state index < -0.39 is 5.97 Å². The topological polar surface area (TPSA) is 73.9 Å². The number of nitrogens with zero attached hydrogens (tertiary/aromatic N) is 2. The minimum atomic E-state index is -0.601. The second-order valence-electron chi connectivity index (χ2n) is 1.91.